The van der Waals surface area contributed by atoms with Crippen molar-refractivity contribution in [2.75, 3.05) is 18.5 Å². The molecule has 0 fully saturated rings. The minimum absolute atomic E-state index is 0.125. The number of nitrogens with zero attached hydrogens (tertiary/aromatic N) is 1. The van der Waals surface area contributed by atoms with Gasteiger partial charge in [-0.1, -0.05) is 19.9 Å². The summed E-state index contributed by atoms with van der Waals surface area (Å²) in [5.41, 5.74) is 4.49. The lowest BCUT2D eigenvalue weighted by Crippen LogP contribution is -2.19. The molecule has 0 saturated heterocycles. The molecule has 0 radical (unpaired) electrons. The van der Waals surface area contributed by atoms with Crippen LogP contribution < -0.4 is 4.90 Å². The fraction of sp³-hybridized carbons (Fsp3) is 0.471. The first-order chi connectivity index (χ1) is 9.31. The van der Waals surface area contributed by atoms with Crippen LogP contribution in [0.1, 0.15) is 44.7 Å². The molecule has 0 aliphatic carbocycles. The summed E-state index contributed by atoms with van der Waals surface area (Å²) in [6.45, 7) is 7.46. The van der Waals surface area contributed by atoms with E-state index in [1.54, 1.807) is 0 Å². The van der Waals surface area contributed by atoms with Crippen LogP contribution in [0.4, 0.5) is 5.69 Å². The molecule has 0 spiro atoms. The van der Waals surface area contributed by atoms with Crippen LogP contribution >= 0.6 is 0 Å². The zero-order chi connectivity index (χ0) is 14.9. The van der Waals surface area contributed by atoms with E-state index in [9.17, 15) is 4.79 Å². The molecule has 1 N–H and O–H groups in total. The van der Waals surface area contributed by atoms with Gasteiger partial charge in [-0.05, 0) is 54.0 Å². The Balaban J connectivity index is 2.53. The molecule has 0 aromatic heterocycles. The number of rotatable bonds is 2. The molecular formula is C17H23NO2. The average Bonchev–Trinajstić information content (AvgIpc) is 2.46. The Morgan fingerprint density at radius 3 is 2.75 bits per heavy atom. The largest absolute Gasteiger partial charge is 0.478 e. The van der Waals surface area contributed by atoms with Gasteiger partial charge in [0.1, 0.15) is 0 Å². The lowest BCUT2D eigenvalue weighted by molar-refractivity contribution is -0.131. The molecule has 3 nitrogen and oxygen atoms in total. The van der Waals surface area contributed by atoms with Crippen molar-refractivity contribution >= 4 is 17.2 Å². The van der Waals surface area contributed by atoms with Crippen molar-refractivity contribution in [2.24, 2.45) is 0 Å². The molecule has 108 valence electrons. The van der Waals surface area contributed by atoms with Gasteiger partial charge in [0.05, 0.1) is 0 Å². The van der Waals surface area contributed by atoms with E-state index in [-0.39, 0.29) is 5.41 Å². The number of fused-ring (bicyclic) bond motifs is 1. The van der Waals surface area contributed by atoms with Gasteiger partial charge >= 0.3 is 5.97 Å². The Kier molecular flexibility index (Phi) is 3.89. The highest BCUT2D eigenvalue weighted by molar-refractivity contribution is 5.89. The quantitative estimate of drug-likeness (QED) is 0.836. The van der Waals surface area contributed by atoms with Crippen LogP contribution in [0.3, 0.4) is 0 Å². The smallest absolute Gasteiger partial charge is 0.328 e. The maximum Gasteiger partial charge on any atom is 0.328 e. The number of hydrogen-bond acceptors (Lipinski definition) is 2. The SMILES string of the molecule is C/C(=C/C(=O)O)c1ccc2c(c1)C(C)(C)CCCN2C. The van der Waals surface area contributed by atoms with Crippen molar-refractivity contribution in [1.29, 1.82) is 0 Å². The fourth-order valence-corrected chi connectivity index (χ4v) is 2.94. The summed E-state index contributed by atoms with van der Waals surface area (Å²) in [6.07, 6.45) is 3.60. The minimum Gasteiger partial charge on any atom is -0.478 e. The highest BCUT2D eigenvalue weighted by atomic mass is 16.4. The average molecular weight is 273 g/mol. The summed E-state index contributed by atoms with van der Waals surface area (Å²) in [6, 6.07) is 6.30. The van der Waals surface area contributed by atoms with Crippen LogP contribution in [0.15, 0.2) is 24.3 Å². The predicted octanol–water partition coefficient (Wildman–Crippen LogP) is 3.68. The van der Waals surface area contributed by atoms with E-state index >= 15 is 0 Å². The van der Waals surface area contributed by atoms with Gasteiger partial charge in [0.2, 0.25) is 0 Å². The van der Waals surface area contributed by atoms with Crippen molar-refractivity contribution in [3.8, 4) is 0 Å². The molecule has 1 aliphatic rings. The number of carbonyl (C=O) groups is 1. The molecule has 0 bridgehead atoms. The number of anilines is 1. The monoisotopic (exact) mass is 273 g/mol. The van der Waals surface area contributed by atoms with Crippen molar-refractivity contribution in [1.82, 2.24) is 0 Å². The van der Waals surface area contributed by atoms with Gasteiger partial charge in [0, 0.05) is 25.4 Å². The molecule has 2 rings (SSSR count). The Labute approximate surface area is 120 Å². The highest BCUT2D eigenvalue weighted by Gasteiger charge is 2.28. The first kappa shape index (κ1) is 14.6. The molecule has 20 heavy (non-hydrogen) atoms. The summed E-state index contributed by atoms with van der Waals surface area (Å²) in [5, 5.41) is 8.89. The number of carboxylic acid groups (broad SMARTS) is 1. The van der Waals surface area contributed by atoms with Gasteiger partial charge < -0.3 is 10.0 Å². The lowest BCUT2D eigenvalue weighted by Gasteiger charge is -2.27. The third kappa shape index (κ3) is 2.87. The molecule has 1 aliphatic heterocycles. The van der Waals surface area contributed by atoms with E-state index in [1.165, 1.54) is 23.7 Å². The van der Waals surface area contributed by atoms with E-state index in [0.29, 0.717) is 0 Å². The second-order valence-electron chi connectivity index (χ2n) is 6.31. The molecular weight excluding hydrogens is 250 g/mol. The maximum absolute atomic E-state index is 10.8. The van der Waals surface area contributed by atoms with Crippen LogP contribution in [0.5, 0.6) is 0 Å². The number of benzene rings is 1. The van der Waals surface area contributed by atoms with E-state index in [1.807, 2.05) is 13.0 Å². The minimum atomic E-state index is -0.895. The zero-order valence-electron chi connectivity index (χ0n) is 12.7. The first-order valence-corrected chi connectivity index (χ1v) is 7.08. The summed E-state index contributed by atoms with van der Waals surface area (Å²) >= 11 is 0. The Morgan fingerprint density at radius 1 is 1.40 bits per heavy atom. The van der Waals surface area contributed by atoms with E-state index in [0.717, 1.165) is 24.1 Å². The first-order valence-electron chi connectivity index (χ1n) is 7.08. The van der Waals surface area contributed by atoms with Gasteiger partial charge in [-0.3, -0.25) is 0 Å². The normalized spacial score (nSPS) is 18.4. The van der Waals surface area contributed by atoms with Crippen LogP contribution in [0.2, 0.25) is 0 Å². The molecule has 1 heterocycles. The second-order valence-corrected chi connectivity index (χ2v) is 6.31. The fourth-order valence-electron chi connectivity index (χ4n) is 2.94. The van der Waals surface area contributed by atoms with Crippen LogP contribution in [-0.2, 0) is 10.2 Å². The summed E-state index contributed by atoms with van der Waals surface area (Å²) in [5.74, 6) is -0.895. The van der Waals surface area contributed by atoms with Crippen molar-refractivity contribution in [3.63, 3.8) is 0 Å². The summed E-state index contributed by atoms with van der Waals surface area (Å²) in [4.78, 5) is 13.1. The maximum atomic E-state index is 10.8. The highest BCUT2D eigenvalue weighted by Crippen LogP contribution is 2.39. The van der Waals surface area contributed by atoms with Crippen molar-refractivity contribution in [3.05, 3.63) is 35.4 Å². The third-order valence-corrected chi connectivity index (χ3v) is 4.23. The van der Waals surface area contributed by atoms with Crippen LogP contribution in [0, 0.1) is 0 Å². The molecule has 0 unspecified atom stereocenters. The lowest BCUT2D eigenvalue weighted by atomic mass is 9.79. The topological polar surface area (TPSA) is 40.5 Å². The van der Waals surface area contributed by atoms with E-state index in [2.05, 4.69) is 37.9 Å². The number of allylic oxidation sites excluding steroid dienone is 1. The third-order valence-electron chi connectivity index (χ3n) is 4.23. The zero-order valence-corrected chi connectivity index (χ0v) is 12.7. The number of aliphatic carboxylic acids is 1. The summed E-state index contributed by atoms with van der Waals surface area (Å²) < 4.78 is 0. The Bertz CT molecular complexity index is 558. The summed E-state index contributed by atoms with van der Waals surface area (Å²) in [7, 11) is 2.12. The van der Waals surface area contributed by atoms with Gasteiger partial charge in [0.15, 0.2) is 0 Å². The van der Waals surface area contributed by atoms with Gasteiger partial charge in [-0.15, -0.1) is 0 Å². The Morgan fingerprint density at radius 2 is 2.10 bits per heavy atom. The van der Waals surface area contributed by atoms with Crippen LogP contribution in [-0.4, -0.2) is 24.7 Å². The Hall–Kier alpha value is -1.77. The van der Waals surface area contributed by atoms with Crippen molar-refractivity contribution in [2.45, 2.75) is 39.0 Å². The predicted molar refractivity (Wildman–Crippen MR) is 83.3 cm³/mol. The van der Waals surface area contributed by atoms with Crippen molar-refractivity contribution < 1.29 is 9.90 Å². The second kappa shape index (κ2) is 5.31. The van der Waals surface area contributed by atoms with Gasteiger partial charge in [0.25, 0.3) is 0 Å². The van der Waals surface area contributed by atoms with Gasteiger partial charge in [-0.25, -0.2) is 4.79 Å². The molecule has 0 saturated carbocycles. The molecule has 3 heteroatoms. The molecule has 0 amide bonds. The molecule has 1 aromatic carbocycles. The van der Waals surface area contributed by atoms with Crippen LogP contribution in [0.25, 0.3) is 5.57 Å². The van der Waals surface area contributed by atoms with E-state index < -0.39 is 5.97 Å². The molecule has 0 atom stereocenters. The van der Waals surface area contributed by atoms with E-state index in [4.69, 9.17) is 5.11 Å². The standard InChI is InChI=1S/C17H23NO2/c1-12(10-16(19)20)13-6-7-15-14(11-13)17(2,3)8-5-9-18(15)4/h6-7,10-11H,5,8-9H2,1-4H3,(H,19,20)/b12-10-. The number of hydrogen-bond donors (Lipinski definition) is 1. The molecule has 1 aromatic rings. The van der Waals surface area contributed by atoms with Gasteiger partial charge in [-0.2, -0.15) is 0 Å². The number of carboxylic acids is 1.